The molecular formula is C15H25N3O2. The largest absolute Gasteiger partial charge is 0.475 e. The molecule has 20 heavy (non-hydrogen) atoms. The molecular weight excluding hydrogens is 254 g/mol. The van der Waals surface area contributed by atoms with Crippen molar-refractivity contribution in [2.75, 3.05) is 0 Å². The van der Waals surface area contributed by atoms with Crippen LogP contribution in [-0.2, 0) is 11.3 Å². The highest BCUT2D eigenvalue weighted by atomic mass is 16.5. The number of carbonyl (C=O) groups is 1. The summed E-state index contributed by atoms with van der Waals surface area (Å²) in [5, 5.41) is 6.06. The van der Waals surface area contributed by atoms with Crippen LogP contribution in [0, 0.1) is 0 Å². The Hall–Kier alpha value is -1.62. The molecule has 5 heteroatoms. The molecule has 1 rings (SSSR count). The van der Waals surface area contributed by atoms with Crippen molar-refractivity contribution in [1.82, 2.24) is 15.6 Å². The lowest BCUT2D eigenvalue weighted by Crippen LogP contribution is -2.44. The predicted octanol–water partition coefficient (Wildman–Crippen LogP) is 1.87. The van der Waals surface area contributed by atoms with Crippen LogP contribution in [0.15, 0.2) is 18.3 Å². The number of pyridine rings is 1. The number of hydrogen-bond acceptors (Lipinski definition) is 4. The van der Waals surface area contributed by atoms with Gasteiger partial charge in [-0.2, -0.15) is 0 Å². The zero-order valence-corrected chi connectivity index (χ0v) is 12.9. The monoisotopic (exact) mass is 279 g/mol. The van der Waals surface area contributed by atoms with Gasteiger partial charge in [0.05, 0.1) is 12.1 Å². The highest BCUT2D eigenvalue weighted by Gasteiger charge is 2.14. The Labute approximate surface area is 121 Å². The first-order valence-electron chi connectivity index (χ1n) is 7.04. The zero-order chi connectivity index (χ0) is 15.1. The maximum Gasteiger partial charge on any atom is 0.237 e. The molecule has 1 unspecified atom stereocenters. The van der Waals surface area contributed by atoms with Gasteiger partial charge >= 0.3 is 0 Å². The highest BCUT2D eigenvalue weighted by molar-refractivity contribution is 5.81. The Morgan fingerprint density at radius 1 is 1.30 bits per heavy atom. The van der Waals surface area contributed by atoms with E-state index in [0.717, 1.165) is 5.56 Å². The van der Waals surface area contributed by atoms with Crippen molar-refractivity contribution in [3.8, 4) is 5.88 Å². The lowest BCUT2D eigenvalue weighted by molar-refractivity contribution is -0.123. The van der Waals surface area contributed by atoms with Gasteiger partial charge in [0.15, 0.2) is 0 Å². The summed E-state index contributed by atoms with van der Waals surface area (Å²) in [6.07, 6.45) is 1.78. The molecule has 0 saturated carbocycles. The second-order valence-electron chi connectivity index (χ2n) is 5.40. The predicted molar refractivity (Wildman–Crippen MR) is 79.6 cm³/mol. The van der Waals surface area contributed by atoms with Crippen molar-refractivity contribution in [1.29, 1.82) is 0 Å². The first-order valence-corrected chi connectivity index (χ1v) is 7.04. The van der Waals surface area contributed by atoms with Crippen molar-refractivity contribution in [3.05, 3.63) is 23.9 Å². The van der Waals surface area contributed by atoms with Gasteiger partial charge in [0, 0.05) is 24.3 Å². The van der Waals surface area contributed by atoms with E-state index in [1.54, 1.807) is 6.20 Å². The molecule has 0 aromatic carbocycles. The molecule has 2 N–H and O–H groups in total. The van der Waals surface area contributed by atoms with Crippen molar-refractivity contribution >= 4 is 5.91 Å². The number of nitrogens with zero attached hydrogens (tertiary/aromatic N) is 1. The quantitative estimate of drug-likeness (QED) is 0.800. The van der Waals surface area contributed by atoms with Crippen LogP contribution in [0.25, 0.3) is 0 Å². The van der Waals surface area contributed by atoms with Gasteiger partial charge in [-0.25, -0.2) is 4.98 Å². The summed E-state index contributed by atoms with van der Waals surface area (Å²) in [5.74, 6) is 0.613. The smallest absolute Gasteiger partial charge is 0.237 e. The minimum absolute atomic E-state index is 0.00443. The summed E-state index contributed by atoms with van der Waals surface area (Å²) in [6, 6.07) is 3.70. The number of nitrogens with one attached hydrogen (secondary N) is 2. The highest BCUT2D eigenvalue weighted by Crippen LogP contribution is 2.15. The van der Waals surface area contributed by atoms with E-state index < -0.39 is 0 Å². The molecule has 0 bridgehead atoms. The molecule has 0 fully saturated rings. The number of hydrogen-bond donors (Lipinski definition) is 2. The van der Waals surface area contributed by atoms with Crippen LogP contribution < -0.4 is 15.4 Å². The van der Waals surface area contributed by atoms with Gasteiger partial charge in [-0.1, -0.05) is 6.07 Å². The SMILES string of the molecule is CC(C)NC(=O)C(C)NCc1cccnc1OC(C)C. The fraction of sp³-hybridized carbons (Fsp3) is 0.600. The minimum atomic E-state index is -0.260. The van der Waals surface area contributed by atoms with Crippen LogP contribution in [0.1, 0.15) is 40.2 Å². The number of amides is 1. The lowest BCUT2D eigenvalue weighted by atomic mass is 10.2. The average molecular weight is 279 g/mol. The molecule has 0 aliphatic rings. The number of aromatic nitrogens is 1. The standard InChI is InChI=1S/C15H25N3O2/c1-10(2)18-14(19)12(5)17-9-13-7-6-8-16-15(13)20-11(3)4/h6-8,10-12,17H,9H2,1-5H3,(H,18,19). The van der Waals surface area contributed by atoms with Crippen molar-refractivity contribution in [3.63, 3.8) is 0 Å². The number of carbonyl (C=O) groups excluding carboxylic acids is 1. The fourth-order valence-corrected chi connectivity index (χ4v) is 1.65. The third-order valence-corrected chi connectivity index (χ3v) is 2.62. The Bertz CT molecular complexity index is 433. The summed E-state index contributed by atoms with van der Waals surface area (Å²) in [5.41, 5.74) is 0.949. The van der Waals surface area contributed by atoms with Gasteiger partial charge in [0.1, 0.15) is 0 Å². The molecule has 1 amide bonds. The summed E-state index contributed by atoms with van der Waals surface area (Å²) in [6.45, 7) is 10.2. The molecule has 1 aromatic heterocycles. The molecule has 5 nitrogen and oxygen atoms in total. The maximum atomic E-state index is 11.8. The van der Waals surface area contributed by atoms with Crippen LogP contribution in [0.4, 0.5) is 0 Å². The first-order chi connectivity index (χ1) is 9.40. The summed E-state index contributed by atoms with van der Waals surface area (Å²) < 4.78 is 5.65. The normalized spacial score (nSPS) is 12.6. The van der Waals surface area contributed by atoms with E-state index in [1.165, 1.54) is 0 Å². The Kier molecular flexibility index (Phi) is 6.45. The van der Waals surface area contributed by atoms with Crippen LogP contribution in [0.3, 0.4) is 0 Å². The molecule has 0 radical (unpaired) electrons. The third-order valence-electron chi connectivity index (χ3n) is 2.62. The average Bonchev–Trinajstić information content (AvgIpc) is 2.35. The second kappa shape index (κ2) is 7.85. The number of rotatable bonds is 7. The molecule has 1 atom stereocenters. The van der Waals surface area contributed by atoms with E-state index in [2.05, 4.69) is 15.6 Å². The van der Waals surface area contributed by atoms with E-state index in [9.17, 15) is 4.79 Å². The fourth-order valence-electron chi connectivity index (χ4n) is 1.65. The topological polar surface area (TPSA) is 63.2 Å². The first kappa shape index (κ1) is 16.4. The molecule has 1 heterocycles. The van der Waals surface area contributed by atoms with Gasteiger partial charge in [0.25, 0.3) is 0 Å². The lowest BCUT2D eigenvalue weighted by Gasteiger charge is -2.17. The molecule has 0 aliphatic carbocycles. The van der Waals surface area contributed by atoms with E-state index in [-0.39, 0.29) is 24.1 Å². The minimum Gasteiger partial charge on any atom is -0.475 e. The Morgan fingerprint density at radius 2 is 2.00 bits per heavy atom. The maximum absolute atomic E-state index is 11.8. The number of ether oxygens (including phenoxy) is 1. The molecule has 0 saturated heterocycles. The van der Waals surface area contributed by atoms with Crippen molar-refractivity contribution in [2.45, 2.75) is 59.4 Å². The molecule has 0 spiro atoms. The van der Waals surface area contributed by atoms with Gasteiger partial charge in [-0.3, -0.25) is 4.79 Å². The van der Waals surface area contributed by atoms with Crippen LogP contribution in [0.5, 0.6) is 5.88 Å². The van der Waals surface area contributed by atoms with Crippen LogP contribution in [0.2, 0.25) is 0 Å². The van der Waals surface area contributed by atoms with Crippen LogP contribution in [-0.4, -0.2) is 29.1 Å². The molecule has 112 valence electrons. The van der Waals surface area contributed by atoms with E-state index in [0.29, 0.717) is 12.4 Å². The summed E-state index contributed by atoms with van der Waals surface area (Å²) >= 11 is 0. The summed E-state index contributed by atoms with van der Waals surface area (Å²) in [4.78, 5) is 16.0. The van der Waals surface area contributed by atoms with Gasteiger partial charge in [-0.05, 0) is 40.7 Å². The molecule has 0 aliphatic heterocycles. The summed E-state index contributed by atoms with van der Waals surface area (Å²) in [7, 11) is 0. The van der Waals surface area contributed by atoms with E-state index in [4.69, 9.17) is 4.74 Å². The Balaban J connectivity index is 2.59. The van der Waals surface area contributed by atoms with Crippen molar-refractivity contribution < 1.29 is 9.53 Å². The van der Waals surface area contributed by atoms with E-state index in [1.807, 2.05) is 46.8 Å². The van der Waals surface area contributed by atoms with Gasteiger partial charge < -0.3 is 15.4 Å². The Morgan fingerprint density at radius 3 is 2.60 bits per heavy atom. The van der Waals surface area contributed by atoms with Crippen molar-refractivity contribution in [2.24, 2.45) is 0 Å². The van der Waals surface area contributed by atoms with Gasteiger partial charge in [0.2, 0.25) is 11.8 Å². The molecule has 1 aromatic rings. The third kappa shape index (κ3) is 5.57. The van der Waals surface area contributed by atoms with Crippen LogP contribution >= 0.6 is 0 Å². The van der Waals surface area contributed by atoms with Gasteiger partial charge in [-0.15, -0.1) is 0 Å². The zero-order valence-electron chi connectivity index (χ0n) is 12.9. The van der Waals surface area contributed by atoms with E-state index >= 15 is 0 Å². The second-order valence-corrected chi connectivity index (χ2v) is 5.40.